The van der Waals surface area contributed by atoms with Crippen LogP contribution in [-0.4, -0.2) is 20.8 Å². The predicted octanol–water partition coefficient (Wildman–Crippen LogP) is 2.94. The molecule has 0 aliphatic heterocycles. The van der Waals surface area contributed by atoms with Crippen molar-refractivity contribution in [2.45, 2.75) is 19.9 Å². The second-order valence-corrected chi connectivity index (χ2v) is 5.74. The Morgan fingerprint density at radius 2 is 1.83 bits per heavy atom. The minimum absolute atomic E-state index is 0.0535. The van der Waals surface area contributed by atoms with Crippen LogP contribution in [0.3, 0.4) is 0 Å². The lowest BCUT2D eigenvalue weighted by Gasteiger charge is -2.13. The fourth-order valence-electron chi connectivity index (χ4n) is 2.50. The predicted molar refractivity (Wildman–Crippen MR) is 92.4 cm³/mol. The Morgan fingerprint density at radius 3 is 2.50 bits per heavy atom. The van der Waals surface area contributed by atoms with Crippen molar-refractivity contribution in [2.24, 2.45) is 0 Å². The van der Waals surface area contributed by atoms with Crippen LogP contribution < -0.4 is 10.9 Å². The van der Waals surface area contributed by atoms with E-state index in [0.717, 1.165) is 0 Å². The second kappa shape index (κ2) is 6.16. The van der Waals surface area contributed by atoms with Gasteiger partial charge in [0, 0.05) is 17.1 Å². The highest BCUT2D eigenvalue weighted by molar-refractivity contribution is 6.11. The maximum atomic E-state index is 12.7. The van der Waals surface area contributed by atoms with Crippen molar-refractivity contribution >= 4 is 22.4 Å². The van der Waals surface area contributed by atoms with E-state index in [1.54, 1.807) is 36.4 Å². The molecule has 0 aliphatic carbocycles. The number of benzene rings is 2. The molecule has 2 N–H and O–H groups in total. The third-order valence-corrected chi connectivity index (χ3v) is 3.64. The number of rotatable bonds is 3. The number of carbonyl (C=O) groups excluding carboxylic acids is 1. The van der Waals surface area contributed by atoms with E-state index in [-0.39, 0.29) is 23.0 Å². The number of aromatic hydroxyl groups is 1. The summed E-state index contributed by atoms with van der Waals surface area (Å²) >= 11 is 0. The lowest BCUT2D eigenvalue weighted by molar-refractivity contribution is 0.102. The van der Waals surface area contributed by atoms with Gasteiger partial charge >= 0.3 is 0 Å². The molecule has 1 amide bonds. The Kier molecular flexibility index (Phi) is 4.04. The Bertz CT molecular complexity index is 977. The minimum Gasteiger partial charge on any atom is -0.508 e. The summed E-state index contributed by atoms with van der Waals surface area (Å²) in [6.45, 7) is 3.67. The molecule has 122 valence electrons. The Morgan fingerprint density at radius 1 is 1.12 bits per heavy atom. The number of amides is 1. The minimum atomic E-state index is -0.439. The summed E-state index contributed by atoms with van der Waals surface area (Å²) in [6, 6.07) is 13.0. The fraction of sp³-hybridized carbons (Fsp3) is 0.167. The first-order valence-electron chi connectivity index (χ1n) is 7.59. The van der Waals surface area contributed by atoms with Gasteiger partial charge in [-0.05, 0) is 32.0 Å². The molecular formula is C18H17N3O3. The summed E-state index contributed by atoms with van der Waals surface area (Å²) in [6.07, 6.45) is 0. The highest BCUT2D eigenvalue weighted by Crippen LogP contribution is 2.19. The molecule has 0 fully saturated rings. The van der Waals surface area contributed by atoms with Gasteiger partial charge in [-0.25, -0.2) is 4.68 Å². The second-order valence-electron chi connectivity index (χ2n) is 5.74. The van der Waals surface area contributed by atoms with Crippen LogP contribution in [-0.2, 0) is 0 Å². The van der Waals surface area contributed by atoms with Gasteiger partial charge < -0.3 is 10.4 Å². The Balaban J connectivity index is 2.13. The number of aromatic nitrogens is 2. The molecule has 0 spiro atoms. The number of carbonyl (C=O) groups is 1. The molecule has 0 atom stereocenters. The van der Waals surface area contributed by atoms with E-state index in [0.29, 0.717) is 16.5 Å². The number of hydrogen-bond donors (Lipinski definition) is 2. The maximum absolute atomic E-state index is 12.7. The quantitative estimate of drug-likeness (QED) is 0.776. The normalized spacial score (nSPS) is 11.0. The number of anilines is 1. The first-order chi connectivity index (χ1) is 11.5. The summed E-state index contributed by atoms with van der Waals surface area (Å²) in [5.41, 5.74) is 0.393. The van der Waals surface area contributed by atoms with Crippen LogP contribution in [0.5, 0.6) is 5.75 Å². The van der Waals surface area contributed by atoms with Crippen molar-refractivity contribution in [2.75, 3.05) is 5.32 Å². The Labute approximate surface area is 138 Å². The van der Waals surface area contributed by atoms with E-state index in [1.165, 1.54) is 16.8 Å². The standard InChI is InChI=1S/C18H17N3O3/c1-11(2)21-18(24)15-9-4-3-8-14(15)16(20-21)17(23)19-12-6-5-7-13(22)10-12/h3-11,22H,1-2H3,(H,19,23). The lowest BCUT2D eigenvalue weighted by Crippen LogP contribution is -2.28. The van der Waals surface area contributed by atoms with Gasteiger partial charge in [0.15, 0.2) is 5.69 Å². The largest absolute Gasteiger partial charge is 0.508 e. The summed E-state index contributed by atoms with van der Waals surface area (Å²) in [4.78, 5) is 25.1. The molecule has 3 aromatic rings. The molecule has 2 aromatic carbocycles. The molecule has 0 bridgehead atoms. The summed E-state index contributed by atoms with van der Waals surface area (Å²) < 4.78 is 1.31. The van der Waals surface area contributed by atoms with Crippen LogP contribution in [0.1, 0.15) is 30.4 Å². The molecule has 3 rings (SSSR count). The summed E-state index contributed by atoms with van der Waals surface area (Å²) in [5.74, 6) is -0.385. The Hall–Kier alpha value is -3.15. The van der Waals surface area contributed by atoms with E-state index in [2.05, 4.69) is 10.4 Å². The van der Waals surface area contributed by atoms with E-state index < -0.39 is 5.91 Å². The molecule has 1 aromatic heterocycles. The first-order valence-corrected chi connectivity index (χ1v) is 7.59. The summed E-state index contributed by atoms with van der Waals surface area (Å²) in [7, 11) is 0. The average molecular weight is 323 g/mol. The number of hydrogen-bond acceptors (Lipinski definition) is 4. The smallest absolute Gasteiger partial charge is 0.276 e. The van der Waals surface area contributed by atoms with Crippen LogP contribution in [0.15, 0.2) is 53.3 Å². The van der Waals surface area contributed by atoms with Gasteiger partial charge in [0.25, 0.3) is 11.5 Å². The van der Waals surface area contributed by atoms with Gasteiger partial charge in [-0.15, -0.1) is 0 Å². The van der Waals surface area contributed by atoms with Crippen LogP contribution in [0, 0.1) is 0 Å². The number of nitrogens with one attached hydrogen (secondary N) is 1. The van der Waals surface area contributed by atoms with Gasteiger partial charge in [0.05, 0.1) is 11.4 Å². The molecule has 6 heteroatoms. The topological polar surface area (TPSA) is 84.2 Å². The monoisotopic (exact) mass is 323 g/mol. The van der Waals surface area contributed by atoms with E-state index in [4.69, 9.17) is 0 Å². The molecule has 0 aliphatic rings. The van der Waals surface area contributed by atoms with Crippen LogP contribution in [0.25, 0.3) is 10.8 Å². The van der Waals surface area contributed by atoms with Gasteiger partial charge in [-0.1, -0.05) is 24.3 Å². The number of phenols is 1. The third kappa shape index (κ3) is 2.86. The molecule has 0 saturated carbocycles. The molecule has 0 saturated heterocycles. The van der Waals surface area contributed by atoms with Gasteiger partial charge in [0.1, 0.15) is 5.75 Å². The fourth-order valence-corrected chi connectivity index (χ4v) is 2.50. The molecular weight excluding hydrogens is 306 g/mol. The van der Waals surface area contributed by atoms with Crippen LogP contribution >= 0.6 is 0 Å². The number of phenolic OH excluding ortho intramolecular Hbond substituents is 1. The molecule has 1 heterocycles. The van der Waals surface area contributed by atoms with Crippen molar-refractivity contribution in [3.8, 4) is 5.75 Å². The van der Waals surface area contributed by atoms with E-state index in [9.17, 15) is 14.7 Å². The van der Waals surface area contributed by atoms with Crippen molar-refractivity contribution in [1.82, 2.24) is 9.78 Å². The molecule has 0 radical (unpaired) electrons. The highest BCUT2D eigenvalue weighted by atomic mass is 16.3. The molecule has 0 unspecified atom stereocenters. The van der Waals surface area contributed by atoms with Crippen molar-refractivity contribution < 1.29 is 9.90 Å². The third-order valence-electron chi connectivity index (χ3n) is 3.64. The molecule has 6 nitrogen and oxygen atoms in total. The molecule has 24 heavy (non-hydrogen) atoms. The van der Waals surface area contributed by atoms with Gasteiger partial charge in [-0.3, -0.25) is 9.59 Å². The lowest BCUT2D eigenvalue weighted by atomic mass is 10.1. The van der Waals surface area contributed by atoms with Crippen molar-refractivity contribution in [1.29, 1.82) is 0 Å². The van der Waals surface area contributed by atoms with Crippen LogP contribution in [0.2, 0.25) is 0 Å². The first kappa shape index (κ1) is 15.7. The van der Waals surface area contributed by atoms with Crippen molar-refractivity contribution in [3.05, 3.63) is 64.6 Å². The zero-order chi connectivity index (χ0) is 17.3. The number of fused-ring (bicyclic) bond motifs is 1. The SMILES string of the molecule is CC(C)n1nc(C(=O)Nc2cccc(O)c2)c2ccccc2c1=O. The zero-order valence-electron chi connectivity index (χ0n) is 13.4. The number of nitrogens with zero attached hydrogens (tertiary/aromatic N) is 2. The summed E-state index contributed by atoms with van der Waals surface area (Å²) in [5, 5.41) is 17.4. The maximum Gasteiger partial charge on any atom is 0.276 e. The average Bonchev–Trinajstić information content (AvgIpc) is 2.55. The highest BCUT2D eigenvalue weighted by Gasteiger charge is 2.18. The van der Waals surface area contributed by atoms with Gasteiger partial charge in [0.2, 0.25) is 0 Å². The van der Waals surface area contributed by atoms with Crippen molar-refractivity contribution in [3.63, 3.8) is 0 Å². The van der Waals surface area contributed by atoms with E-state index >= 15 is 0 Å². The van der Waals surface area contributed by atoms with Gasteiger partial charge in [-0.2, -0.15) is 5.10 Å². The van der Waals surface area contributed by atoms with E-state index in [1.807, 2.05) is 13.8 Å². The van der Waals surface area contributed by atoms with Crippen LogP contribution in [0.4, 0.5) is 5.69 Å². The zero-order valence-corrected chi connectivity index (χ0v) is 13.4.